The number of carbonyl (C=O) groups is 1. The summed E-state index contributed by atoms with van der Waals surface area (Å²) in [5.41, 5.74) is 0. The molecule has 0 bridgehead atoms. The number of aliphatic hydroxyl groups excluding tert-OH is 1. The molecule has 0 aliphatic carbocycles. The van der Waals surface area contributed by atoms with Gasteiger partial charge in [0.1, 0.15) is 0 Å². The molecule has 0 rings (SSSR count). The summed E-state index contributed by atoms with van der Waals surface area (Å²) >= 11 is 0. The van der Waals surface area contributed by atoms with Crippen LogP contribution in [0.2, 0.25) is 0 Å². The Morgan fingerprint density at radius 2 is 1.14 bits per heavy atom. The van der Waals surface area contributed by atoms with Gasteiger partial charge < -0.3 is 10.2 Å². The molecule has 128 valence electrons. The zero-order chi connectivity index (χ0) is 15.8. The normalized spacial score (nSPS) is 11.9. The predicted octanol–water partition coefficient (Wildman–Crippen LogP) is 4.65. The van der Waals surface area contributed by atoms with E-state index in [0.717, 1.165) is 25.7 Å². The Labute approximate surface area is 149 Å². The summed E-state index contributed by atoms with van der Waals surface area (Å²) in [6.45, 7) is 2.04. The van der Waals surface area contributed by atoms with E-state index in [0.29, 0.717) is 6.42 Å². The fourth-order valence-corrected chi connectivity index (χ4v) is 2.63. The van der Waals surface area contributed by atoms with Crippen molar-refractivity contribution >= 4 is 24.8 Å². The topological polar surface area (TPSA) is 57.5 Å². The molecule has 0 spiro atoms. The van der Waals surface area contributed by atoms with Crippen molar-refractivity contribution in [3.05, 3.63) is 0 Å². The Hall–Kier alpha value is 0.0274. The van der Waals surface area contributed by atoms with Crippen molar-refractivity contribution in [2.24, 2.45) is 0 Å². The molecule has 3 nitrogen and oxygen atoms in total. The maximum absolute atomic E-state index is 10.3. The third kappa shape index (κ3) is 20.0. The summed E-state index contributed by atoms with van der Waals surface area (Å²) in [6, 6.07) is 0. The first-order valence-corrected chi connectivity index (χ1v) is 9.06. The van der Waals surface area contributed by atoms with E-state index in [1.165, 1.54) is 64.2 Å². The van der Waals surface area contributed by atoms with E-state index in [2.05, 4.69) is 0 Å². The van der Waals surface area contributed by atoms with Crippen molar-refractivity contribution in [2.75, 3.05) is 0 Å². The third-order valence-corrected chi connectivity index (χ3v) is 4.15. The Bertz CT molecular complexity index is 234. The van der Waals surface area contributed by atoms with Gasteiger partial charge in [0.05, 0.1) is 6.10 Å². The average Bonchev–Trinajstić information content (AvgIpc) is 2.46. The molecule has 22 heavy (non-hydrogen) atoms. The molecule has 0 aromatic carbocycles. The van der Waals surface area contributed by atoms with E-state index in [1.54, 1.807) is 0 Å². The molecule has 1 atom stereocenters. The quantitative estimate of drug-likeness (QED) is 0.322. The van der Waals surface area contributed by atoms with Crippen LogP contribution in [0.15, 0.2) is 0 Å². The molecule has 0 fully saturated rings. The number of rotatable bonds is 16. The number of carboxylic acid groups (broad SMARTS) is 1. The first-order valence-electron chi connectivity index (χ1n) is 9.06. The molecule has 0 amide bonds. The Kier molecular flexibility index (Phi) is 21.1. The van der Waals surface area contributed by atoms with Crippen molar-refractivity contribution in [2.45, 2.75) is 109 Å². The van der Waals surface area contributed by atoms with Crippen LogP contribution in [0, 0.1) is 0 Å². The zero-order valence-corrected chi connectivity index (χ0v) is 14.0. The van der Waals surface area contributed by atoms with Crippen LogP contribution in [-0.4, -0.2) is 41.1 Å². The van der Waals surface area contributed by atoms with Crippen LogP contribution in [0.5, 0.6) is 0 Å². The minimum atomic E-state index is -0.667. The predicted molar refractivity (Wildman–Crippen MR) is 95.7 cm³/mol. The molecule has 0 aliphatic rings. The van der Waals surface area contributed by atoms with Gasteiger partial charge in [0.2, 0.25) is 0 Å². The average molecular weight is 308 g/mol. The van der Waals surface area contributed by atoms with Gasteiger partial charge in [-0.2, -0.15) is 0 Å². The van der Waals surface area contributed by atoms with Crippen molar-refractivity contribution in [3.63, 3.8) is 0 Å². The number of aliphatic carboxylic acids is 1. The van der Waals surface area contributed by atoms with E-state index in [-0.39, 0.29) is 25.0 Å². The molecular formula is C18H37LiO3. The molecule has 0 aromatic heterocycles. The summed E-state index contributed by atoms with van der Waals surface area (Å²) in [6.07, 6.45) is 16.8. The second kappa shape index (κ2) is 19.1. The van der Waals surface area contributed by atoms with E-state index in [1.807, 2.05) is 6.92 Å². The number of aliphatic hydroxyl groups is 1. The van der Waals surface area contributed by atoms with Gasteiger partial charge in [0.25, 0.3) is 0 Å². The second-order valence-electron chi connectivity index (χ2n) is 6.24. The molecule has 4 heteroatoms. The van der Waals surface area contributed by atoms with Gasteiger partial charge in [-0.15, -0.1) is 0 Å². The Morgan fingerprint density at radius 3 is 1.50 bits per heavy atom. The molecule has 0 saturated heterocycles. The van der Waals surface area contributed by atoms with Gasteiger partial charge in [-0.3, -0.25) is 4.79 Å². The van der Waals surface area contributed by atoms with Crippen LogP contribution in [-0.2, 0) is 4.79 Å². The minimum absolute atomic E-state index is 0. The standard InChI is InChI=1S/C18H36O3.Li.H/c1-2-17(19)15-13-11-9-7-5-3-4-6-8-10-12-14-16-18(20)21;;/h17,19H,2-16H2,1H3,(H,20,21);;. The van der Waals surface area contributed by atoms with Gasteiger partial charge in [0.15, 0.2) is 0 Å². The number of unbranched alkanes of at least 4 members (excludes halogenated alkanes) is 11. The first kappa shape index (κ1) is 24.3. The molecular weight excluding hydrogens is 271 g/mol. The summed E-state index contributed by atoms with van der Waals surface area (Å²) < 4.78 is 0. The fourth-order valence-electron chi connectivity index (χ4n) is 2.63. The van der Waals surface area contributed by atoms with Gasteiger partial charge in [-0.1, -0.05) is 77.6 Å². The number of carboxylic acids is 1. The summed E-state index contributed by atoms with van der Waals surface area (Å²) in [4.78, 5) is 10.3. The monoisotopic (exact) mass is 308 g/mol. The summed E-state index contributed by atoms with van der Waals surface area (Å²) in [5.74, 6) is -0.667. The van der Waals surface area contributed by atoms with Crippen LogP contribution >= 0.6 is 0 Å². The molecule has 0 aromatic rings. The third-order valence-electron chi connectivity index (χ3n) is 4.15. The number of hydrogen-bond donors (Lipinski definition) is 2. The SMILES string of the molecule is CCC(O)CCCCCCCCCCCCCCC(=O)O.[LiH]. The molecule has 0 saturated carbocycles. The van der Waals surface area contributed by atoms with Crippen molar-refractivity contribution in [1.29, 1.82) is 0 Å². The Morgan fingerprint density at radius 1 is 0.773 bits per heavy atom. The first-order chi connectivity index (χ1) is 10.2. The van der Waals surface area contributed by atoms with Gasteiger partial charge in [-0.05, 0) is 19.3 Å². The maximum atomic E-state index is 10.3. The fraction of sp³-hybridized carbons (Fsp3) is 0.944. The van der Waals surface area contributed by atoms with Gasteiger partial charge >= 0.3 is 24.8 Å². The van der Waals surface area contributed by atoms with E-state index < -0.39 is 5.97 Å². The van der Waals surface area contributed by atoms with E-state index >= 15 is 0 Å². The number of hydrogen-bond acceptors (Lipinski definition) is 2. The van der Waals surface area contributed by atoms with Crippen LogP contribution in [0.25, 0.3) is 0 Å². The molecule has 0 heterocycles. The van der Waals surface area contributed by atoms with Crippen molar-refractivity contribution < 1.29 is 15.0 Å². The Balaban J connectivity index is 0. The van der Waals surface area contributed by atoms with Crippen LogP contribution < -0.4 is 0 Å². The van der Waals surface area contributed by atoms with E-state index in [4.69, 9.17) is 5.11 Å². The summed E-state index contributed by atoms with van der Waals surface area (Å²) in [7, 11) is 0. The zero-order valence-electron chi connectivity index (χ0n) is 14.0. The second-order valence-corrected chi connectivity index (χ2v) is 6.24. The van der Waals surface area contributed by atoms with Crippen molar-refractivity contribution in [1.82, 2.24) is 0 Å². The molecule has 2 N–H and O–H groups in total. The van der Waals surface area contributed by atoms with Gasteiger partial charge in [-0.25, -0.2) is 0 Å². The van der Waals surface area contributed by atoms with Crippen LogP contribution in [0.1, 0.15) is 103 Å². The van der Waals surface area contributed by atoms with Crippen LogP contribution in [0.3, 0.4) is 0 Å². The molecule has 0 aliphatic heterocycles. The van der Waals surface area contributed by atoms with Gasteiger partial charge in [0, 0.05) is 6.42 Å². The summed E-state index contributed by atoms with van der Waals surface area (Å²) in [5, 5.41) is 18.0. The van der Waals surface area contributed by atoms with Crippen LogP contribution in [0.4, 0.5) is 0 Å². The van der Waals surface area contributed by atoms with E-state index in [9.17, 15) is 9.90 Å². The molecule has 0 radical (unpaired) electrons. The molecule has 1 unspecified atom stereocenters. The van der Waals surface area contributed by atoms with Crippen molar-refractivity contribution in [3.8, 4) is 0 Å².